The van der Waals surface area contributed by atoms with E-state index in [0.29, 0.717) is 5.69 Å². The van der Waals surface area contributed by atoms with E-state index < -0.39 is 6.10 Å². The largest absolute Gasteiger partial charge is 0.382 e. The maximum atomic E-state index is 10.6. The molecule has 5 heteroatoms. The summed E-state index contributed by atoms with van der Waals surface area (Å²) in [5.74, 6) is 0. The highest BCUT2D eigenvalue weighted by atomic mass is 16.3. The lowest BCUT2D eigenvalue weighted by Gasteiger charge is -2.14. The van der Waals surface area contributed by atoms with Crippen LogP contribution in [-0.2, 0) is 0 Å². The quantitative estimate of drug-likeness (QED) is 0.788. The molecular formula is C15H14N4O. The fourth-order valence-electron chi connectivity index (χ4n) is 2.12. The third-order valence-corrected chi connectivity index (χ3v) is 3.23. The second-order valence-electron chi connectivity index (χ2n) is 4.54. The highest BCUT2D eigenvalue weighted by Gasteiger charge is 2.19. The average molecular weight is 266 g/mol. The lowest BCUT2D eigenvalue weighted by Crippen LogP contribution is -2.10. The zero-order chi connectivity index (χ0) is 13.9. The summed E-state index contributed by atoms with van der Waals surface area (Å²) in [7, 11) is 0. The number of aromatic nitrogens is 4. The van der Waals surface area contributed by atoms with E-state index in [2.05, 4.69) is 15.3 Å². The molecule has 3 aromatic rings. The number of aryl methyl sites for hydroxylation is 1. The van der Waals surface area contributed by atoms with Gasteiger partial charge in [-0.15, -0.1) is 5.10 Å². The fraction of sp³-hybridized carbons (Fsp3) is 0.133. The summed E-state index contributed by atoms with van der Waals surface area (Å²) < 4.78 is 1.64. The van der Waals surface area contributed by atoms with Gasteiger partial charge in [-0.2, -0.15) is 0 Å². The highest BCUT2D eigenvalue weighted by Crippen LogP contribution is 2.24. The van der Waals surface area contributed by atoms with Crippen LogP contribution in [0.25, 0.3) is 5.69 Å². The molecule has 0 spiro atoms. The minimum Gasteiger partial charge on any atom is -0.382 e. The molecule has 1 N–H and O–H groups in total. The van der Waals surface area contributed by atoms with Crippen molar-refractivity contribution in [3.63, 3.8) is 0 Å². The molecule has 0 amide bonds. The SMILES string of the molecule is Cc1ccncc1C(O)c1cnnn1-c1ccccc1. The van der Waals surface area contributed by atoms with E-state index in [1.807, 2.05) is 43.3 Å². The number of aliphatic hydroxyl groups is 1. The Balaban J connectivity index is 2.04. The molecule has 1 unspecified atom stereocenters. The molecule has 0 fully saturated rings. The van der Waals surface area contributed by atoms with E-state index >= 15 is 0 Å². The van der Waals surface area contributed by atoms with E-state index in [9.17, 15) is 5.11 Å². The van der Waals surface area contributed by atoms with E-state index in [4.69, 9.17) is 0 Å². The van der Waals surface area contributed by atoms with Gasteiger partial charge in [0, 0.05) is 18.0 Å². The van der Waals surface area contributed by atoms with Gasteiger partial charge in [-0.25, -0.2) is 4.68 Å². The van der Waals surface area contributed by atoms with Crippen molar-refractivity contribution in [1.82, 2.24) is 20.0 Å². The molecule has 0 radical (unpaired) electrons. The van der Waals surface area contributed by atoms with E-state index in [0.717, 1.165) is 16.8 Å². The first kappa shape index (κ1) is 12.5. The third-order valence-electron chi connectivity index (χ3n) is 3.23. The number of aliphatic hydroxyl groups excluding tert-OH is 1. The summed E-state index contributed by atoms with van der Waals surface area (Å²) in [5, 5.41) is 18.5. The summed E-state index contributed by atoms with van der Waals surface area (Å²) in [4.78, 5) is 4.07. The van der Waals surface area contributed by atoms with Crippen LogP contribution in [-0.4, -0.2) is 25.1 Å². The van der Waals surface area contributed by atoms with Gasteiger partial charge in [-0.05, 0) is 30.7 Å². The molecule has 1 atom stereocenters. The van der Waals surface area contributed by atoms with Crippen molar-refractivity contribution in [2.45, 2.75) is 13.0 Å². The topological polar surface area (TPSA) is 63.8 Å². The monoisotopic (exact) mass is 266 g/mol. The standard InChI is InChI=1S/C15H14N4O/c1-11-7-8-16-9-13(11)15(20)14-10-17-18-19(14)12-5-3-2-4-6-12/h2-10,15,20H,1H3. The molecule has 0 saturated carbocycles. The third kappa shape index (κ3) is 2.19. The van der Waals surface area contributed by atoms with Crippen molar-refractivity contribution in [1.29, 1.82) is 0 Å². The fourth-order valence-corrected chi connectivity index (χ4v) is 2.12. The van der Waals surface area contributed by atoms with Gasteiger partial charge in [-0.1, -0.05) is 23.4 Å². The molecule has 20 heavy (non-hydrogen) atoms. The molecule has 100 valence electrons. The van der Waals surface area contributed by atoms with E-state index in [1.54, 1.807) is 23.3 Å². The molecule has 2 aromatic heterocycles. The smallest absolute Gasteiger partial charge is 0.124 e. The van der Waals surface area contributed by atoms with E-state index in [1.165, 1.54) is 0 Å². The van der Waals surface area contributed by atoms with Crippen LogP contribution < -0.4 is 0 Å². The summed E-state index contributed by atoms with van der Waals surface area (Å²) >= 11 is 0. The van der Waals surface area contributed by atoms with Crippen LogP contribution in [0.2, 0.25) is 0 Å². The number of rotatable bonds is 3. The Hall–Kier alpha value is -2.53. The predicted molar refractivity (Wildman–Crippen MR) is 74.4 cm³/mol. The number of pyridine rings is 1. The molecule has 0 bridgehead atoms. The lowest BCUT2D eigenvalue weighted by atomic mass is 10.0. The predicted octanol–water partition coefficient (Wildman–Crippen LogP) is 2.05. The van der Waals surface area contributed by atoms with Gasteiger partial charge in [0.1, 0.15) is 6.10 Å². The minimum absolute atomic E-state index is 0.618. The van der Waals surface area contributed by atoms with Crippen LogP contribution >= 0.6 is 0 Å². The Morgan fingerprint density at radius 3 is 2.65 bits per heavy atom. The Labute approximate surface area is 116 Å². The number of hydrogen-bond acceptors (Lipinski definition) is 4. The van der Waals surface area contributed by atoms with Crippen LogP contribution in [0, 0.1) is 6.92 Å². The van der Waals surface area contributed by atoms with Gasteiger partial charge in [0.2, 0.25) is 0 Å². The van der Waals surface area contributed by atoms with Gasteiger partial charge in [0.05, 0.1) is 17.6 Å². The molecule has 0 aliphatic heterocycles. The number of nitrogens with zero attached hydrogens (tertiary/aromatic N) is 4. The summed E-state index contributed by atoms with van der Waals surface area (Å²) in [6.07, 6.45) is 4.14. The number of benzene rings is 1. The molecule has 2 heterocycles. The summed E-state index contributed by atoms with van der Waals surface area (Å²) in [6, 6.07) is 11.5. The van der Waals surface area contributed by atoms with Crippen molar-refractivity contribution in [3.05, 3.63) is 71.8 Å². The van der Waals surface area contributed by atoms with Gasteiger partial charge >= 0.3 is 0 Å². The van der Waals surface area contributed by atoms with Crippen LogP contribution in [0.4, 0.5) is 0 Å². The van der Waals surface area contributed by atoms with Crippen LogP contribution in [0.3, 0.4) is 0 Å². The molecule has 0 aliphatic rings. The highest BCUT2D eigenvalue weighted by molar-refractivity contribution is 5.35. The van der Waals surface area contributed by atoms with Crippen molar-refractivity contribution in [2.75, 3.05) is 0 Å². The molecule has 0 aliphatic carbocycles. The minimum atomic E-state index is -0.807. The van der Waals surface area contributed by atoms with Crippen LogP contribution in [0.1, 0.15) is 22.9 Å². The molecular weight excluding hydrogens is 252 g/mol. The zero-order valence-electron chi connectivity index (χ0n) is 11.0. The maximum Gasteiger partial charge on any atom is 0.124 e. The first-order valence-corrected chi connectivity index (χ1v) is 6.32. The Bertz CT molecular complexity index is 709. The Morgan fingerprint density at radius 1 is 1.10 bits per heavy atom. The van der Waals surface area contributed by atoms with Crippen LogP contribution in [0.5, 0.6) is 0 Å². The van der Waals surface area contributed by atoms with Crippen molar-refractivity contribution in [2.24, 2.45) is 0 Å². The van der Waals surface area contributed by atoms with Crippen molar-refractivity contribution >= 4 is 0 Å². The van der Waals surface area contributed by atoms with Gasteiger partial charge in [0.25, 0.3) is 0 Å². The lowest BCUT2D eigenvalue weighted by molar-refractivity contribution is 0.211. The summed E-state index contributed by atoms with van der Waals surface area (Å²) in [5.41, 5.74) is 3.22. The number of hydrogen-bond donors (Lipinski definition) is 1. The summed E-state index contributed by atoms with van der Waals surface area (Å²) in [6.45, 7) is 1.94. The van der Waals surface area contributed by atoms with Gasteiger partial charge in [-0.3, -0.25) is 4.98 Å². The van der Waals surface area contributed by atoms with E-state index in [-0.39, 0.29) is 0 Å². The molecule has 1 aromatic carbocycles. The number of para-hydroxylation sites is 1. The van der Waals surface area contributed by atoms with Crippen LogP contribution in [0.15, 0.2) is 55.0 Å². The van der Waals surface area contributed by atoms with Crippen molar-refractivity contribution < 1.29 is 5.11 Å². The van der Waals surface area contributed by atoms with Crippen molar-refractivity contribution in [3.8, 4) is 5.69 Å². The Kier molecular flexibility index (Phi) is 3.26. The second kappa shape index (κ2) is 5.22. The molecule has 3 rings (SSSR count). The normalized spacial score (nSPS) is 12.3. The maximum absolute atomic E-state index is 10.6. The van der Waals surface area contributed by atoms with Gasteiger partial charge < -0.3 is 5.11 Å². The zero-order valence-corrected chi connectivity index (χ0v) is 11.0. The second-order valence-corrected chi connectivity index (χ2v) is 4.54. The molecule has 0 saturated heterocycles. The average Bonchev–Trinajstić information content (AvgIpc) is 2.97. The molecule has 5 nitrogen and oxygen atoms in total. The first-order valence-electron chi connectivity index (χ1n) is 6.32. The van der Waals surface area contributed by atoms with Gasteiger partial charge in [0.15, 0.2) is 0 Å². The Morgan fingerprint density at radius 2 is 1.90 bits per heavy atom. The first-order chi connectivity index (χ1) is 9.77.